The Hall–Kier alpha value is -2.61. The average molecular weight is 387 g/mol. The largest absolute Gasteiger partial charge is 0.495 e. The van der Waals surface area contributed by atoms with E-state index < -0.39 is 0 Å². The fourth-order valence-electron chi connectivity index (χ4n) is 3.71. The number of carbonyl (C=O) groups excluding carboxylic acids is 1. The predicted molar refractivity (Wildman–Crippen MR) is 109 cm³/mol. The highest BCUT2D eigenvalue weighted by molar-refractivity contribution is 5.89. The third-order valence-corrected chi connectivity index (χ3v) is 5.30. The zero-order chi connectivity index (χ0) is 19.9. The molecule has 3 rings (SSSR count). The number of aliphatic imine (C=N–C) groups is 1. The van der Waals surface area contributed by atoms with E-state index in [1.807, 2.05) is 12.1 Å². The average Bonchev–Trinajstić information content (AvgIpc) is 2.71. The number of hydrogen-bond acceptors (Lipinski definition) is 6. The molecule has 1 aromatic heterocycles. The molecule has 0 spiro atoms. The molecule has 1 amide bonds. The molecule has 8 heteroatoms. The molecule has 152 valence electrons. The van der Waals surface area contributed by atoms with Gasteiger partial charge in [0, 0.05) is 52.5 Å². The van der Waals surface area contributed by atoms with Crippen molar-refractivity contribution in [3.63, 3.8) is 0 Å². The fraction of sp³-hybridized carbons (Fsp3) is 0.550. The van der Waals surface area contributed by atoms with Crippen molar-refractivity contribution in [2.75, 3.05) is 46.9 Å². The lowest BCUT2D eigenvalue weighted by Gasteiger charge is -2.36. The summed E-state index contributed by atoms with van der Waals surface area (Å²) in [5, 5.41) is 2.81. The van der Waals surface area contributed by atoms with Gasteiger partial charge in [0.05, 0.1) is 12.8 Å². The van der Waals surface area contributed by atoms with Gasteiger partial charge in [0.25, 0.3) is 0 Å². The highest BCUT2D eigenvalue weighted by Gasteiger charge is 2.23. The fourth-order valence-corrected chi connectivity index (χ4v) is 3.71. The van der Waals surface area contributed by atoms with Crippen molar-refractivity contribution in [1.82, 2.24) is 25.0 Å². The summed E-state index contributed by atoms with van der Waals surface area (Å²) in [6, 6.07) is 3.82. The number of piperazine rings is 1. The number of nitrogens with zero attached hydrogens (tertiary/aromatic N) is 5. The van der Waals surface area contributed by atoms with Gasteiger partial charge >= 0.3 is 0 Å². The molecule has 0 bridgehead atoms. The van der Waals surface area contributed by atoms with Gasteiger partial charge in [0.15, 0.2) is 0 Å². The second-order valence-electron chi connectivity index (χ2n) is 7.24. The van der Waals surface area contributed by atoms with Gasteiger partial charge in [-0.05, 0) is 37.5 Å². The molecule has 1 aromatic rings. The summed E-state index contributed by atoms with van der Waals surface area (Å²) >= 11 is 0. The first-order valence-corrected chi connectivity index (χ1v) is 9.77. The number of allylic oxidation sites excluding steroid dienone is 1. The maximum Gasteiger partial charge on any atom is 0.213 e. The summed E-state index contributed by atoms with van der Waals surface area (Å²) in [7, 11) is 3.73. The predicted octanol–water partition coefficient (Wildman–Crippen LogP) is 1.27. The Kier molecular flexibility index (Phi) is 6.86. The van der Waals surface area contributed by atoms with Crippen LogP contribution in [0.1, 0.15) is 25.5 Å². The van der Waals surface area contributed by atoms with Crippen molar-refractivity contribution in [1.29, 1.82) is 0 Å². The van der Waals surface area contributed by atoms with Crippen LogP contribution in [-0.2, 0) is 11.3 Å². The van der Waals surface area contributed by atoms with E-state index in [1.165, 1.54) is 5.57 Å². The van der Waals surface area contributed by atoms with Crippen LogP contribution in [0.25, 0.3) is 0 Å². The zero-order valence-electron chi connectivity index (χ0n) is 17.0. The molecule has 3 heterocycles. The number of amides is 1. The number of guanidine groups is 1. The van der Waals surface area contributed by atoms with Crippen molar-refractivity contribution in [2.45, 2.75) is 26.3 Å². The number of hydrogen-bond donors (Lipinski definition) is 1. The maximum absolute atomic E-state index is 11.2. The second kappa shape index (κ2) is 9.54. The Morgan fingerprint density at radius 2 is 2.11 bits per heavy atom. The van der Waals surface area contributed by atoms with Crippen LogP contribution in [0.15, 0.2) is 34.7 Å². The Labute approximate surface area is 166 Å². The number of aromatic nitrogens is 1. The van der Waals surface area contributed by atoms with Crippen LogP contribution in [0.2, 0.25) is 0 Å². The molecule has 0 unspecified atom stereocenters. The monoisotopic (exact) mass is 386 g/mol. The van der Waals surface area contributed by atoms with E-state index in [1.54, 1.807) is 13.3 Å². The number of nitrogens with one attached hydrogen (secondary N) is 1. The van der Waals surface area contributed by atoms with E-state index in [0.717, 1.165) is 69.4 Å². The highest BCUT2D eigenvalue weighted by Crippen LogP contribution is 2.22. The number of rotatable bonds is 5. The van der Waals surface area contributed by atoms with Gasteiger partial charge in [-0.1, -0.05) is 0 Å². The minimum absolute atomic E-state index is 0.633. The Morgan fingerprint density at radius 1 is 1.32 bits per heavy atom. The summed E-state index contributed by atoms with van der Waals surface area (Å²) < 4.78 is 5.41. The van der Waals surface area contributed by atoms with Crippen LogP contribution in [0.4, 0.5) is 0 Å². The summed E-state index contributed by atoms with van der Waals surface area (Å²) in [6.07, 6.45) is 4.71. The molecule has 1 N–H and O–H groups in total. The Balaban J connectivity index is 1.66. The lowest BCUT2D eigenvalue weighted by molar-refractivity contribution is -0.108. The molecule has 2 aliphatic heterocycles. The third-order valence-electron chi connectivity index (χ3n) is 5.30. The first-order valence-electron chi connectivity index (χ1n) is 9.77. The lowest BCUT2D eigenvalue weighted by Crippen LogP contribution is -2.52. The minimum atomic E-state index is 0.633. The topological polar surface area (TPSA) is 73.3 Å². The van der Waals surface area contributed by atoms with E-state index >= 15 is 0 Å². The van der Waals surface area contributed by atoms with Crippen LogP contribution in [0, 0.1) is 0 Å². The third kappa shape index (κ3) is 4.81. The Bertz CT molecular complexity index is 740. The lowest BCUT2D eigenvalue weighted by atomic mass is 10.1. The maximum atomic E-state index is 11.2. The molecule has 0 saturated carbocycles. The van der Waals surface area contributed by atoms with E-state index in [-0.39, 0.29) is 0 Å². The first kappa shape index (κ1) is 20.1. The summed E-state index contributed by atoms with van der Waals surface area (Å²) in [4.78, 5) is 27.1. The molecule has 28 heavy (non-hydrogen) atoms. The summed E-state index contributed by atoms with van der Waals surface area (Å²) in [5.41, 5.74) is 2.21. The molecule has 2 aliphatic rings. The molecule has 8 nitrogen and oxygen atoms in total. The second-order valence-corrected chi connectivity index (χ2v) is 7.24. The van der Waals surface area contributed by atoms with Gasteiger partial charge < -0.3 is 14.5 Å². The first-order chi connectivity index (χ1) is 13.6. The van der Waals surface area contributed by atoms with E-state index in [0.29, 0.717) is 12.4 Å². The highest BCUT2D eigenvalue weighted by atomic mass is 16.5. The molecule has 1 saturated heterocycles. The number of ether oxygens (including phenoxy) is 1. The van der Waals surface area contributed by atoms with E-state index in [4.69, 9.17) is 9.73 Å². The number of carbonyl (C=O) groups is 1. The van der Waals surface area contributed by atoms with E-state index in [2.05, 4.69) is 39.0 Å². The van der Waals surface area contributed by atoms with Crippen LogP contribution in [0.5, 0.6) is 5.75 Å². The van der Waals surface area contributed by atoms with Crippen molar-refractivity contribution in [2.24, 2.45) is 4.99 Å². The van der Waals surface area contributed by atoms with Crippen LogP contribution < -0.4 is 10.1 Å². The molecule has 0 radical (unpaired) electrons. The standard InChI is InChI=1S/C20H30N6O2/c1-16-6-5-9-24(2)19(16)23-20(22-15-27)26-12-10-25(11-13-26)14-17-18(28-3)7-4-8-21-17/h4,7-8,15H,5-6,9-14H2,1-3H3,(H,22,23,27). The number of methoxy groups -OCH3 is 1. The van der Waals surface area contributed by atoms with Gasteiger partial charge in [-0.15, -0.1) is 0 Å². The van der Waals surface area contributed by atoms with Crippen LogP contribution >= 0.6 is 0 Å². The van der Waals surface area contributed by atoms with Gasteiger partial charge in [-0.3, -0.25) is 20.0 Å². The molecular formula is C20H30N6O2. The van der Waals surface area contributed by atoms with Crippen LogP contribution in [0.3, 0.4) is 0 Å². The van der Waals surface area contributed by atoms with E-state index in [9.17, 15) is 4.79 Å². The summed E-state index contributed by atoms with van der Waals surface area (Å²) in [6.45, 7) is 7.18. The smallest absolute Gasteiger partial charge is 0.213 e. The van der Waals surface area contributed by atoms with Crippen LogP contribution in [-0.4, -0.2) is 78.9 Å². The van der Waals surface area contributed by atoms with Gasteiger partial charge in [-0.2, -0.15) is 4.99 Å². The molecule has 0 atom stereocenters. The quantitative estimate of drug-likeness (QED) is 0.467. The van der Waals surface area contributed by atoms with Crippen molar-refractivity contribution in [3.8, 4) is 5.75 Å². The van der Waals surface area contributed by atoms with Crippen molar-refractivity contribution >= 4 is 12.4 Å². The zero-order valence-corrected chi connectivity index (χ0v) is 17.0. The molecule has 0 aliphatic carbocycles. The molecular weight excluding hydrogens is 356 g/mol. The molecule has 0 aromatic carbocycles. The van der Waals surface area contributed by atoms with Gasteiger partial charge in [-0.25, -0.2) is 0 Å². The Morgan fingerprint density at radius 3 is 2.79 bits per heavy atom. The van der Waals surface area contributed by atoms with Gasteiger partial charge in [0.2, 0.25) is 12.4 Å². The molecule has 1 fully saturated rings. The summed E-state index contributed by atoms with van der Waals surface area (Å²) in [5.74, 6) is 2.42. The SMILES string of the molecule is COc1cccnc1CN1CCN(C(=NC2=C(C)CCCN2C)NC=O)CC1. The van der Waals surface area contributed by atoms with Gasteiger partial charge in [0.1, 0.15) is 11.6 Å². The number of pyridine rings is 1. The van der Waals surface area contributed by atoms with Crippen molar-refractivity contribution in [3.05, 3.63) is 35.4 Å². The minimum Gasteiger partial charge on any atom is -0.495 e. The van der Waals surface area contributed by atoms with Crippen molar-refractivity contribution < 1.29 is 9.53 Å². The normalized spacial score (nSPS) is 19.0.